The molecule has 2 aromatic rings. The number of carbonyl (C=O) groups is 7. The highest BCUT2D eigenvalue weighted by Crippen LogP contribution is 2.44. The Bertz CT molecular complexity index is 1380. The number of benzene rings is 2. The molecule has 1 aliphatic rings. The lowest BCUT2D eigenvalue weighted by Gasteiger charge is -2.20. The highest BCUT2D eigenvalue weighted by atomic mass is 16.5. The van der Waals surface area contributed by atoms with E-state index in [1.165, 1.54) is 0 Å². The molecule has 0 fully saturated rings. The van der Waals surface area contributed by atoms with Crippen molar-refractivity contribution in [3.8, 4) is 11.1 Å². The van der Waals surface area contributed by atoms with Crippen LogP contribution in [0.25, 0.3) is 11.1 Å². The predicted molar refractivity (Wildman–Crippen MR) is 153 cm³/mol. The molecule has 2 atom stereocenters. The van der Waals surface area contributed by atoms with Crippen LogP contribution in [0.15, 0.2) is 48.5 Å². The van der Waals surface area contributed by atoms with Gasteiger partial charge in [-0.15, -0.1) is 0 Å². The zero-order valence-electron chi connectivity index (χ0n) is 23.5. The Morgan fingerprint density at radius 3 is 1.70 bits per heavy atom. The van der Waals surface area contributed by atoms with Gasteiger partial charge in [0.1, 0.15) is 18.7 Å². The third-order valence-electron chi connectivity index (χ3n) is 6.76. The summed E-state index contributed by atoms with van der Waals surface area (Å²) in [5, 5.41) is 27.0. The molecule has 0 aliphatic heterocycles. The SMILES string of the molecule is NC(=O)CNC(=O)C(CCC(=O)O)NC(=O)CNC(=O)C(CCC(=O)O)NC(=O)OCC1c2ccccc2-c2ccccc21. The lowest BCUT2D eigenvalue weighted by atomic mass is 9.98. The molecule has 44 heavy (non-hydrogen) atoms. The number of amides is 5. The number of aliphatic carboxylic acids is 2. The number of rotatable bonds is 16. The Balaban J connectivity index is 1.58. The summed E-state index contributed by atoms with van der Waals surface area (Å²) >= 11 is 0. The number of carbonyl (C=O) groups excluding carboxylic acids is 5. The van der Waals surface area contributed by atoms with Crippen LogP contribution in [0.2, 0.25) is 0 Å². The van der Waals surface area contributed by atoms with Crippen molar-refractivity contribution in [1.82, 2.24) is 21.3 Å². The quantitative estimate of drug-likeness (QED) is 0.132. The van der Waals surface area contributed by atoms with Crippen LogP contribution in [-0.4, -0.2) is 83.7 Å². The fourth-order valence-corrected chi connectivity index (χ4v) is 4.69. The minimum absolute atomic E-state index is 0.0505. The van der Waals surface area contributed by atoms with Crippen LogP contribution < -0.4 is 27.0 Å². The second-order valence-electron chi connectivity index (χ2n) is 9.91. The Morgan fingerprint density at radius 2 is 1.20 bits per heavy atom. The average Bonchev–Trinajstić information content (AvgIpc) is 3.31. The first-order chi connectivity index (χ1) is 21.0. The maximum atomic E-state index is 12.8. The summed E-state index contributed by atoms with van der Waals surface area (Å²) in [6.07, 6.45) is -2.57. The molecular weight excluding hydrogens is 578 g/mol. The second kappa shape index (κ2) is 15.7. The molecule has 0 radical (unpaired) electrons. The minimum Gasteiger partial charge on any atom is -0.481 e. The molecule has 1 aliphatic carbocycles. The van der Waals surface area contributed by atoms with Crippen molar-refractivity contribution in [2.45, 2.75) is 43.7 Å². The van der Waals surface area contributed by atoms with Gasteiger partial charge in [0.15, 0.2) is 0 Å². The largest absolute Gasteiger partial charge is 0.481 e. The molecule has 3 rings (SSSR count). The van der Waals surface area contributed by atoms with E-state index < -0.39 is 79.7 Å². The van der Waals surface area contributed by atoms with Crippen molar-refractivity contribution in [2.75, 3.05) is 19.7 Å². The van der Waals surface area contributed by atoms with Gasteiger partial charge in [-0.05, 0) is 35.1 Å². The molecule has 0 saturated heterocycles. The van der Waals surface area contributed by atoms with Gasteiger partial charge in [-0.1, -0.05) is 48.5 Å². The van der Waals surface area contributed by atoms with E-state index in [0.717, 1.165) is 22.3 Å². The Hall–Kier alpha value is -5.47. The van der Waals surface area contributed by atoms with E-state index in [4.69, 9.17) is 20.7 Å². The molecule has 5 amide bonds. The Kier molecular flexibility index (Phi) is 11.8. The average molecular weight is 612 g/mol. The van der Waals surface area contributed by atoms with Crippen molar-refractivity contribution in [2.24, 2.45) is 5.73 Å². The predicted octanol–water partition coefficient (Wildman–Crippen LogP) is -0.174. The number of hydrogen-bond acceptors (Lipinski definition) is 8. The number of carboxylic acid groups (broad SMARTS) is 2. The van der Waals surface area contributed by atoms with E-state index in [1.54, 1.807) is 0 Å². The zero-order valence-corrected chi connectivity index (χ0v) is 23.5. The van der Waals surface area contributed by atoms with Crippen LogP contribution in [0.5, 0.6) is 0 Å². The third-order valence-corrected chi connectivity index (χ3v) is 6.76. The molecule has 234 valence electrons. The molecule has 0 saturated carbocycles. The van der Waals surface area contributed by atoms with Gasteiger partial charge in [-0.25, -0.2) is 4.79 Å². The molecule has 15 nitrogen and oxygen atoms in total. The molecule has 0 spiro atoms. The number of ether oxygens (including phenoxy) is 1. The number of carboxylic acids is 2. The Labute approximate surface area is 251 Å². The number of alkyl carbamates (subject to hydrolysis) is 1. The zero-order chi connectivity index (χ0) is 32.2. The molecule has 2 aromatic carbocycles. The molecular formula is C29H33N5O10. The number of hydrogen-bond donors (Lipinski definition) is 7. The Morgan fingerprint density at radius 1 is 0.727 bits per heavy atom. The monoisotopic (exact) mass is 611 g/mol. The molecule has 8 N–H and O–H groups in total. The third kappa shape index (κ3) is 9.54. The van der Waals surface area contributed by atoms with Crippen molar-refractivity contribution in [3.05, 3.63) is 59.7 Å². The summed E-state index contributed by atoms with van der Waals surface area (Å²) in [5.41, 5.74) is 8.96. The normalized spacial score (nSPS) is 12.9. The summed E-state index contributed by atoms with van der Waals surface area (Å²) in [7, 11) is 0. The maximum Gasteiger partial charge on any atom is 0.407 e. The molecule has 0 heterocycles. The van der Waals surface area contributed by atoms with E-state index in [0.29, 0.717) is 0 Å². The highest BCUT2D eigenvalue weighted by molar-refractivity contribution is 5.93. The molecule has 2 unspecified atom stereocenters. The fraction of sp³-hybridized carbons (Fsp3) is 0.345. The highest BCUT2D eigenvalue weighted by Gasteiger charge is 2.30. The van der Waals surface area contributed by atoms with Gasteiger partial charge >= 0.3 is 18.0 Å². The van der Waals surface area contributed by atoms with E-state index in [-0.39, 0.29) is 25.4 Å². The number of nitrogens with one attached hydrogen (secondary N) is 4. The number of nitrogens with two attached hydrogens (primary N) is 1. The first kappa shape index (κ1) is 33.0. The van der Waals surface area contributed by atoms with Gasteiger partial charge in [0.05, 0.1) is 13.1 Å². The molecule has 0 aromatic heterocycles. The lowest BCUT2D eigenvalue weighted by molar-refractivity contribution is -0.138. The van der Waals surface area contributed by atoms with E-state index in [9.17, 15) is 33.6 Å². The van der Waals surface area contributed by atoms with Gasteiger partial charge in [0, 0.05) is 18.8 Å². The second-order valence-corrected chi connectivity index (χ2v) is 9.91. The smallest absolute Gasteiger partial charge is 0.407 e. The van der Waals surface area contributed by atoms with Crippen LogP contribution in [-0.2, 0) is 33.5 Å². The van der Waals surface area contributed by atoms with Crippen LogP contribution in [0.4, 0.5) is 4.79 Å². The summed E-state index contributed by atoms with van der Waals surface area (Å²) < 4.78 is 5.44. The van der Waals surface area contributed by atoms with E-state index >= 15 is 0 Å². The topological polar surface area (TPSA) is 243 Å². The lowest BCUT2D eigenvalue weighted by Crippen LogP contribution is -2.53. The van der Waals surface area contributed by atoms with Gasteiger partial charge in [-0.2, -0.15) is 0 Å². The summed E-state index contributed by atoms with van der Waals surface area (Å²) in [6, 6.07) is 12.7. The van der Waals surface area contributed by atoms with E-state index in [1.807, 2.05) is 48.5 Å². The first-order valence-corrected chi connectivity index (χ1v) is 13.6. The summed E-state index contributed by atoms with van der Waals surface area (Å²) in [5.74, 6) is -6.21. The summed E-state index contributed by atoms with van der Waals surface area (Å²) in [4.78, 5) is 83.3. The molecule has 15 heteroatoms. The van der Waals surface area contributed by atoms with Crippen molar-refractivity contribution in [1.29, 1.82) is 0 Å². The summed E-state index contributed by atoms with van der Waals surface area (Å²) in [6.45, 7) is -1.28. The van der Waals surface area contributed by atoms with E-state index in [2.05, 4.69) is 21.3 Å². The minimum atomic E-state index is -1.38. The van der Waals surface area contributed by atoms with Gasteiger partial charge < -0.3 is 42.0 Å². The molecule has 0 bridgehead atoms. The maximum absolute atomic E-state index is 12.8. The van der Waals surface area contributed by atoms with Crippen LogP contribution in [0.3, 0.4) is 0 Å². The fourth-order valence-electron chi connectivity index (χ4n) is 4.69. The standard InChI is InChI=1S/C29H33N5O10/c30-23(35)13-31-27(41)21(9-11-25(37)38)33-24(36)14-32-28(42)22(10-12-26(39)40)34-29(43)44-15-20-18-7-3-1-5-16(18)17-6-2-4-8-19(17)20/h1-8,20-22H,9-15H2,(H2,30,35)(H,31,41)(H,32,42)(H,33,36)(H,34,43)(H,37,38)(H,39,40). The van der Waals surface area contributed by atoms with Crippen LogP contribution >= 0.6 is 0 Å². The number of fused-ring (bicyclic) bond motifs is 3. The van der Waals surface area contributed by atoms with Crippen LogP contribution in [0.1, 0.15) is 42.7 Å². The van der Waals surface area contributed by atoms with Gasteiger partial charge in [-0.3, -0.25) is 28.8 Å². The van der Waals surface area contributed by atoms with Crippen molar-refractivity contribution < 1.29 is 48.5 Å². The number of primary amides is 1. The van der Waals surface area contributed by atoms with Crippen molar-refractivity contribution in [3.63, 3.8) is 0 Å². The first-order valence-electron chi connectivity index (χ1n) is 13.6. The van der Waals surface area contributed by atoms with Gasteiger partial charge in [0.2, 0.25) is 23.6 Å². The van der Waals surface area contributed by atoms with Gasteiger partial charge in [0.25, 0.3) is 0 Å². The van der Waals surface area contributed by atoms with Crippen molar-refractivity contribution >= 4 is 41.7 Å². The van der Waals surface area contributed by atoms with Crippen LogP contribution in [0, 0.1) is 0 Å².